The largest absolute Gasteiger partial charge is 0.394 e. The van der Waals surface area contributed by atoms with Crippen molar-refractivity contribution in [2.45, 2.75) is 45.6 Å². The SMILES string of the molecule is CC1CCc2c(sc3ncnc(NC(C)(C)CO)c23)C1. The number of nitrogens with zero attached hydrogens (tertiary/aromatic N) is 2. The lowest BCUT2D eigenvalue weighted by Gasteiger charge is -2.25. The molecule has 2 aromatic heterocycles. The number of aliphatic hydroxyl groups is 1. The van der Waals surface area contributed by atoms with Gasteiger partial charge in [0.25, 0.3) is 0 Å². The van der Waals surface area contributed by atoms with Crippen LogP contribution in [0.1, 0.15) is 37.6 Å². The molecule has 5 heteroatoms. The highest BCUT2D eigenvalue weighted by atomic mass is 32.1. The van der Waals surface area contributed by atoms with E-state index in [0.717, 1.165) is 29.4 Å². The summed E-state index contributed by atoms with van der Waals surface area (Å²) in [5, 5.41) is 14.0. The second kappa shape index (κ2) is 4.97. The fraction of sp³-hybridized carbons (Fsp3) is 0.600. The summed E-state index contributed by atoms with van der Waals surface area (Å²) in [4.78, 5) is 11.4. The Bertz CT molecular complexity index is 635. The maximum Gasteiger partial charge on any atom is 0.138 e. The first kappa shape index (κ1) is 13.8. The van der Waals surface area contributed by atoms with Crippen LogP contribution in [-0.4, -0.2) is 27.2 Å². The van der Waals surface area contributed by atoms with Crippen LogP contribution in [0.25, 0.3) is 10.2 Å². The molecule has 1 unspecified atom stereocenters. The molecule has 0 aromatic carbocycles. The lowest BCUT2D eigenvalue weighted by atomic mass is 9.89. The molecule has 0 aliphatic heterocycles. The normalized spacial score (nSPS) is 19.1. The third-order valence-corrected chi connectivity index (χ3v) is 5.11. The first-order valence-electron chi connectivity index (χ1n) is 7.14. The van der Waals surface area contributed by atoms with Gasteiger partial charge in [-0.05, 0) is 44.6 Å². The molecular weight excluding hydrogens is 270 g/mol. The zero-order valence-corrected chi connectivity index (χ0v) is 13.0. The molecule has 2 N–H and O–H groups in total. The average molecular weight is 291 g/mol. The molecule has 0 fully saturated rings. The topological polar surface area (TPSA) is 58.0 Å². The molecule has 4 nitrogen and oxygen atoms in total. The average Bonchev–Trinajstić information content (AvgIpc) is 2.76. The van der Waals surface area contributed by atoms with Crippen LogP contribution in [-0.2, 0) is 12.8 Å². The van der Waals surface area contributed by atoms with Crippen molar-refractivity contribution < 1.29 is 5.11 Å². The molecule has 20 heavy (non-hydrogen) atoms. The second-order valence-corrected chi connectivity index (χ2v) is 7.50. The number of anilines is 1. The number of aromatic nitrogens is 2. The van der Waals surface area contributed by atoms with Crippen molar-refractivity contribution in [2.75, 3.05) is 11.9 Å². The maximum atomic E-state index is 9.45. The van der Waals surface area contributed by atoms with Crippen LogP contribution in [0.2, 0.25) is 0 Å². The molecule has 0 radical (unpaired) electrons. The number of thiophene rings is 1. The minimum Gasteiger partial charge on any atom is -0.394 e. The smallest absolute Gasteiger partial charge is 0.138 e. The van der Waals surface area contributed by atoms with Crippen LogP contribution < -0.4 is 5.32 Å². The van der Waals surface area contributed by atoms with E-state index in [0.29, 0.717) is 0 Å². The highest BCUT2D eigenvalue weighted by molar-refractivity contribution is 7.19. The number of hydrogen-bond donors (Lipinski definition) is 2. The van der Waals surface area contributed by atoms with Crippen LogP contribution in [0, 0.1) is 5.92 Å². The third kappa shape index (κ3) is 2.40. The Balaban J connectivity index is 2.10. The molecule has 0 bridgehead atoms. The van der Waals surface area contributed by atoms with Crippen molar-refractivity contribution in [3.8, 4) is 0 Å². The van der Waals surface area contributed by atoms with Gasteiger partial charge in [-0.2, -0.15) is 0 Å². The number of fused-ring (bicyclic) bond motifs is 3. The first-order valence-corrected chi connectivity index (χ1v) is 7.96. The number of hydrogen-bond acceptors (Lipinski definition) is 5. The first-order chi connectivity index (χ1) is 9.50. The number of aryl methyl sites for hydroxylation is 1. The molecule has 3 rings (SSSR count). The van der Waals surface area contributed by atoms with E-state index in [4.69, 9.17) is 0 Å². The van der Waals surface area contributed by atoms with Crippen molar-refractivity contribution in [3.05, 3.63) is 16.8 Å². The van der Waals surface area contributed by atoms with Crippen LogP contribution in [0.4, 0.5) is 5.82 Å². The van der Waals surface area contributed by atoms with E-state index < -0.39 is 0 Å². The number of nitrogens with one attached hydrogen (secondary N) is 1. The lowest BCUT2D eigenvalue weighted by molar-refractivity contribution is 0.234. The fourth-order valence-corrected chi connectivity index (χ4v) is 4.08. The summed E-state index contributed by atoms with van der Waals surface area (Å²) in [5.41, 5.74) is 1.04. The van der Waals surface area contributed by atoms with Gasteiger partial charge in [0, 0.05) is 4.88 Å². The second-order valence-electron chi connectivity index (χ2n) is 6.42. The van der Waals surface area contributed by atoms with Crippen molar-refractivity contribution in [1.29, 1.82) is 0 Å². The van der Waals surface area contributed by atoms with Gasteiger partial charge in [-0.15, -0.1) is 11.3 Å². The van der Waals surface area contributed by atoms with E-state index in [2.05, 4.69) is 22.2 Å². The van der Waals surface area contributed by atoms with E-state index in [1.807, 2.05) is 13.8 Å². The highest BCUT2D eigenvalue weighted by Crippen LogP contribution is 2.40. The van der Waals surface area contributed by atoms with Crippen LogP contribution >= 0.6 is 11.3 Å². The molecule has 1 atom stereocenters. The van der Waals surface area contributed by atoms with Gasteiger partial charge in [0.1, 0.15) is 17.0 Å². The van der Waals surface area contributed by atoms with Gasteiger partial charge in [-0.25, -0.2) is 9.97 Å². The van der Waals surface area contributed by atoms with E-state index >= 15 is 0 Å². The van der Waals surface area contributed by atoms with Crippen LogP contribution in [0.5, 0.6) is 0 Å². The Morgan fingerprint density at radius 3 is 3.00 bits per heavy atom. The number of aliphatic hydroxyl groups excluding tert-OH is 1. The zero-order chi connectivity index (χ0) is 14.3. The van der Waals surface area contributed by atoms with Gasteiger partial charge in [-0.3, -0.25) is 0 Å². The quantitative estimate of drug-likeness (QED) is 0.912. The molecule has 0 amide bonds. The standard InChI is InChI=1S/C15H21N3OS/c1-9-4-5-10-11(6-9)20-14-12(10)13(16-8-17-14)18-15(2,3)7-19/h8-9,19H,4-7H2,1-3H3,(H,16,17,18). The molecule has 0 saturated carbocycles. The predicted octanol–water partition coefficient (Wildman–Crippen LogP) is 3.00. The van der Waals surface area contributed by atoms with Gasteiger partial charge in [0.2, 0.25) is 0 Å². The van der Waals surface area contributed by atoms with E-state index in [1.165, 1.54) is 22.2 Å². The van der Waals surface area contributed by atoms with Crippen molar-refractivity contribution >= 4 is 27.4 Å². The van der Waals surface area contributed by atoms with Crippen molar-refractivity contribution in [3.63, 3.8) is 0 Å². The van der Waals surface area contributed by atoms with Gasteiger partial charge in [0.15, 0.2) is 0 Å². The maximum absolute atomic E-state index is 9.45. The van der Waals surface area contributed by atoms with Gasteiger partial charge >= 0.3 is 0 Å². The van der Waals surface area contributed by atoms with Gasteiger partial charge < -0.3 is 10.4 Å². The summed E-state index contributed by atoms with van der Waals surface area (Å²) in [5.74, 6) is 1.62. The van der Waals surface area contributed by atoms with E-state index in [9.17, 15) is 5.11 Å². The Labute approximate surface area is 123 Å². The van der Waals surface area contributed by atoms with E-state index in [-0.39, 0.29) is 12.1 Å². The molecule has 2 heterocycles. The summed E-state index contributed by atoms with van der Waals surface area (Å²) in [7, 11) is 0. The molecule has 108 valence electrons. The minimum absolute atomic E-state index is 0.0713. The predicted molar refractivity (Wildman–Crippen MR) is 83.4 cm³/mol. The van der Waals surface area contributed by atoms with E-state index in [1.54, 1.807) is 17.7 Å². The fourth-order valence-electron chi connectivity index (χ4n) is 2.73. The Morgan fingerprint density at radius 2 is 2.25 bits per heavy atom. The molecule has 1 aliphatic rings. The van der Waals surface area contributed by atoms with Crippen molar-refractivity contribution in [2.24, 2.45) is 5.92 Å². The summed E-state index contributed by atoms with van der Waals surface area (Å²) in [6, 6.07) is 0. The Hall–Kier alpha value is -1.20. The Morgan fingerprint density at radius 1 is 1.45 bits per heavy atom. The summed E-state index contributed by atoms with van der Waals surface area (Å²) < 4.78 is 0. The van der Waals surface area contributed by atoms with Crippen molar-refractivity contribution in [1.82, 2.24) is 9.97 Å². The van der Waals surface area contributed by atoms with Crippen LogP contribution in [0.3, 0.4) is 0 Å². The monoisotopic (exact) mass is 291 g/mol. The Kier molecular flexibility index (Phi) is 3.42. The summed E-state index contributed by atoms with van der Waals surface area (Å²) in [6.07, 6.45) is 5.11. The summed E-state index contributed by atoms with van der Waals surface area (Å²) >= 11 is 1.80. The van der Waals surface area contributed by atoms with Gasteiger partial charge in [0.05, 0.1) is 17.5 Å². The highest BCUT2D eigenvalue weighted by Gasteiger charge is 2.25. The van der Waals surface area contributed by atoms with Gasteiger partial charge in [-0.1, -0.05) is 6.92 Å². The van der Waals surface area contributed by atoms with Crippen LogP contribution in [0.15, 0.2) is 6.33 Å². The molecular formula is C15H21N3OS. The minimum atomic E-state index is -0.377. The number of rotatable bonds is 3. The zero-order valence-electron chi connectivity index (χ0n) is 12.2. The third-order valence-electron chi connectivity index (χ3n) is 3.94. The lowest BCUT2D eigenvalue weighted by Crippen LogP contribution is -2.35. The summed E-state index contributed by atoms with van der Waals surface area (Å²) in [6.45, 7) is 6.33. The molecule has 2 aromatic rings. The molecule has 1 aliphatic carbocycles. The molecule has 0 spiro atoms. The molecule has 0 saturated heterocycles.